The number of aryl methyl sites for hydroxylation is 1. The van der Waals surface area contributed by atoms with E-state index in [0.717, 1.165) is 11.1 Å². The van der Waals surface area contributed by atoms with Crippen LogP contribution in [0.15, 0.2) is 38.2 Å². The van der Waals surface area contributed by atoms with E-state index < -0.39 is 17.2 Å². The molecule has 4 N–H and O–H groups in total. The van der Waals surface area contributed by atoms with Gasteiger partial charge in [-0.25, -0.2) is 9.78 Å². The Bertz CT molecular complexity index is 1180. The predicted molar refractivity (Wildman–Crippen MR) is 112 cm³/mol. The summed E-state index contributed by atoms with van der Waals surface area (Å²) in [5.74, 6) is -0.522. The second-order valence-electron chi connectivity index (χ2n) is 5.89. The lowest BCUT2D eigenvalue weighted by Crippen LogP contribution is -2.30. The van der Waals surface area contributed by atoms with E-state index >= 15 is 0 Å². The zero-order valence-electron chi connectivity index (χ0n) is 14.4. The van der Waals surface area contributed by atoms with Gasteiger partial charge in [0.05, 0.1) is 28.4 Å². The number of carbonyl (C=O) groups excluding carboxylic acids is 1. The summed E-state index contributed by atoms with van der Waals surface area (Å²) in [4.78, 5) is 43.9. The Morgan fingerprint density at radius 1 is 1.32 bits per heavy atom. The van der Waals surface area contributed by atoms with Crippen molar-refractivity contribution in [3.05, 3.63) is 60.6 Å². The van der Waals surface area contributed by atoms with Crippen LogP contribution in [-0.2, 0) is 4.79 Å². The Balaban J connectivity index is 1.72. The normalized spacial score (nSPS) is 10.7. The number of aromatic nitrogens is 3. The Labute approximate surface area is 172 Å². The molecule has 28 heavy (non-hydrogen) atoms. The summed E-state index contributed by atoms with van der Waals surface area (Å²) in [6, 6.07) is 5.54. The highest BCUT2D eigenvalue weighted by Crippen LogP contribution is 2.28. The molecular weight excluding hydrogens is 422 g/mol. The Hall–Kier alpha value is -2.69. The lowest BCUT2D eigenvalue weighted by molar-refractivity contribution is -0.115. The van der Waals surface area contributed by atoms with E-state index in [0.29, 0.717) is 15.8 Å². The fraction of sp³-hybridized carbons (Fsp3) is 0.118. The Morgan fingerprint density at radius 3 is 2.75 bits per heavy atom. The van der Waals surface area contributed by atoms with Crippen molar-refractivity contribution in [3.8, 4) is 11.3 Å². The molecule has 0 spiro atoms. The lowest BCUT2D eigenvalue weighted by atomic mass is 10.1. The third-order valence-electron chi connectivity index (χ3n) is 3.65. The van der Waals surface area contributed by atoms with Gasteiger partial charge in [0, 0.05) is 16.0 Å². The third-order valence-corrected chi connectivity index (χ3v) is 4.96. The molecule has 0 radical (unpaired) electrons. The molecule has 3 aromatic rings. The Kier molecular flexibility index (Phi) is 5.82. The number of hydrogen-bond acceptors (Lipinski definition) is 7. The second-order valence-corrected chi connectivity index (χ2v) is 7.63. The van der Waals surface area contributed by atoms with Gasteiger partial charge < -0.3 is 15.7 Å². The number of aromatic amines is 2. The maximum Gasteiger partial charge on any atom is 0.326 e. The number of nitrogens with zero attached hydrogens (tertiary/aromatic N) is 1. The lowest BCUT2D eigenvalue weighted by Gasteiger charge is -2.05. The van der Waals surface area contributed by atoms with Gasteiger partial charge in [0.15, 0.2) is 5.13 Å². The van der Waals surface area contributed by atoms with Crippen LogP contribution in [0.3, 0.4) is 0 Å². The molecule has 0 aliphatic heterocycles. The number of nitrogens with one attached hydrogen (secondary N) is 4. The van der Waals surface area contributed by atoms with Crippen LogP contribution in [-0.4, -0.2) is 26.6 Å². The van der Waals surface area contributed by atoms with Crippen LogP contribution in [0, 0.1) is 12.3 Å². The molecule has 2 aromatic heterocycles. The van der Waals surface area contributed by atoms with Gasteiger partial charge in [-0.05, 0) is 30.7 Å². The molecule has 0 fully saturated rings. The SMILES string of the molecule is Cc1cc(Cl)cc(-c2csc(NC(=O)CC(=N)c3c(S)[nH]c(=O)[nH]c3=O)n2)c1. The molecule has 1 amide bonds. The molecule has 0 aliphatic rings. The van der Waals surface area contributed by atoms with E-state index in [1.54, 1.807) is 11.4 Å². The Morgan fingerprint density at radius 2 is 2.07 bits per heavy atom. The van der Waals surface area contributed by atoms with Gasteiger partial charge in [0.25, 0.3) is 5.56 Å². The van der Waals surface area contributed by atoms with Gasteiger partial charge >= 0.3 is 5.69 Å². The largest absolute Gasteiger partial charge is 0.326 e. The molecule has 0 aliphatic carbocycles. The van der Waals surface area contributed by atoms with Crippen molar-refractivity contribution >= 4 is 52.3 Å². The molecular formula is C17H14ClN5O3S2. The number of halogens is 1. The number of carbonyl (C=O) groups is 1. The van der Waals surface area contributed by atoms with E-state index in [2.05, 4.69) is 27.9 Å². The highest BCUT2D eigenvalue weighted by Gasteiger charge is 2.17. The molecule has 2 heterocycles. The van der Waals surface area contributed by atoms with Gasteiger partial charge in [-0.2, -0.15) is 0 Å². The number of benzene rings is 1. The van der Waals surface area contributed by atoms with E-state index in [9.17, 15) is 14.4 Å². The molecule has 144 valence electrons. The molecule has 0 saturated carbocycles. The van der Waals surface area contributed by atoms with Crippen LogP contribution in [0.1, 0.15) is 17.5 Å². The molecule has 1 aromatic carbocycles. The molecule has 3 rings (SSSR count). The number of thiol groups is 1. The summed E-state index contributed by atoms with van der Waals surface area (Å²) in [5, 5.41) is 13.2. The summed E-state index contributed by atoms with van der Waals surface area (Å²) in [7, 11) is 0. The number of anilines is 1. The minimum absolute atomic E-state index is 0.0700. The maximum atomic E-state index is 12.2. The van der Waals surface area contributed by atoms with Crippen molar-refractivity contribution in [2.45, 2.75) is 18.4 Å². The minimum Gasteiger partial charge on any atom is -0.304 e. The van der Waals surface area contributed by atoms with Crippen LogP contribution >= 0.6 is 35.6 Å². The number of amides is 1. The van der Waals surface area contributed by atoms with Gasteiger partial charge in [-0.1, -0.05) is 11.6 Å². The number of H-pyrrole nitrogens is 2. The molecule has 0 atom stereocenters. The maximum absolute atomic E-state index is 12.2. The zero-order chi connectivity index (χ0) is 20.4. The smallest absolute Gasteiger partial charge is 0.304 e. The van der Waals surface area contributed by atoms with Gasteiger partial charge in [-0.15, -0.1) is 24.0 Å². The van der Waals surface area contributed by atoms with Crippen molar-refractivity contribution < 1.29 is 4.79 Å². The van der Waals surface area contributed by atoms with Crippen molar-refractivity contribution in [2.24, 2.45) is 0 Å². The second kappa shape index (κ2) is 8.13. The summed E-state index contributed by atoms with van der Waals surface area (Å²) in [5.41, 5.74) is 0.532. The van der Waals surface area contributed by atoms with Gasteiger partial charge in [-0.3, -0.25) is 14.6 Å². The fourth-order valence-corrected chi connectivity index (χ4v) is 3.88. The van der Waals surface area contributed by atoms with Crippen LogP contribution in [0.25, 0.3) is 11.3 Å². The average molecular weight is 436 g/mol. The van der Waals surface area contributed by atoms with Crippen LogP contribution < -0.4 is 16.6 Å². The summed E-state index contributed by atoms with van der Waals surface area (Å²) >= 11 is 11.3. The monoisotopic (exact) mass is 435 g/mol. The third kappa shape index (κ3) is 4.58. The number of thiazole rings is 1. The molecule has 0 bridgehead atoms. The highest BCUT2D eigenvalue weighted by atomic mass is 35.5. The van der Waals surface area contributed by atoms with Crippen LogP contribution in [0.5, 0.6) is 0 Å². The van der Waals surface area contributed by atoms with E-state index in [4.69, 9.17) is 17.0 Å². The van der Waals surface area contributed by atoms with Crippen molar-refractivity contribution in [3.63, 3.8) is 0 Å². The number of hydrogen-bond donors (Lipinski definition) is 5. The van der Waals surface area contributed by atoms with E-state index in [1.165, 1.54) is 11.3 Å². The van der Waals surface area contributed by atoms with Crippen molar-refractivity contribution in [1.29, 1.82) is 5.41 Å². The van der Waals surface area contributed by atoms with Gasteiger partial charge in [0.1, 0.15) is 0 Å². The molecule has 0 saturated heterocycles. The van der Waals surface area contributed by atoms with Crippen molar-refractivity contribution in [2.75, 3.05) is 5.32 Å². The number of rotatable bonds is 5. The molecule has 0 unspecified atom stereocenters. The standard InChI is InChI=1S/C17H14ClN5O3S2/c1-7-2-8(4-9(18)3-7)11-6-28-17(20-11)21-12(24)5-10(19)13-14(25)22-16(26)23-15(13)27/h2-4,6,19H,5H2,1H3,(H,20,21,24)(H3,22,23,25,26,27). The first-order valence-electron chi connectivity index (χ1n) is 7.89. The minimum atomic E-state index is -0.778. The van der Waals surface area contributed by atoms with E-state index in [-0.39, 0.29) is 22.7 Å². The first kappa shape index (κ1) is 20.1. The summed E-state index contributed by atoms with van der Waals surface area (Å²) in [6.07, 6.45) is -0.381. The first-order chi connectivity index (χ1) is 13.2. The molecule has 11 heteroatoms. The van der Waals surface area contributed by atoms with E-state index in [1.807, 2.05) is 24.0 Å². The average Bonchev–Trinajstić information content (AvgIpc) is 3.01. The van der Waals surface area contributed by atoms with Crippen LogP contribution in [0.2, 0.25) is 5.02 Å². The predicted octanol–water partition coefficient (Wildman–Crippen LogP) is 2.83. The van der Waals surface area contributed by atoms with Crippen LogP contribution in [0.4, 0.5) is 5.13 Å². The summed E-state index contributed by atoms with van der Waals surface area (Å²) in [6.45, 7) is 1.92. The highest BCUT2D eigenvalue weighted by molar-refractivity contribution is 7.80. The first-order valence-corrected chi connectivity index (χ1v) is 9.59. The zero-order valence-corrected chi connectivity index (χ0v) is 16.9. The molecule has 8 nitrogen and oxygen atoms in total. The topological polar surface area (TPSA) is 132 Å². The van der Waals surface area contributed by atoms with Crippen molar-refractivity contribution in [1.82, 2.24) is 15.0 Å². The fourth-order valence-electron chi connectivity index (χ4n) is 2.51. The summed E-state index contributed by atoms with van der Waals surface area (Å²) < 4.78 is 0. The quantitative estimate of drug-likeness (QED) is 0.239. The van der Waals surface area contributed by atoms with Gasteiger partial charge in [0.2, 0.25) is 5.91 Å².